The van der Waals surface area contributed by atoms with Gasteiger partial charge in [0.05, 0.1) is 0 Å². The maximum atomic E-state index is 5.82. The molecule has 1 atom stereocenters. The average molecular weight is 296 g/mol. The second-order valence-corrected chi connectivity index (χ2v) is 6.09. The Bertz CT molecular complexity index is 624. The van der Waals surface area contributed by atoms with Crippen LogP contribution in [0.2, 0.25) is 0 Å². The Morgan fingerprint density at radius 1 is 1.10 bits per heavy atom. The molecule has 1 heterocycles. The molecule has 2 nitrogen and oxygen atoms in total. The van der Waals surface area contributed by atoms with Crippen LogP contribution in [0, 0.1) is 0 Å². The Hall–Kier alpha value is -1.71. The lowest BCUT2D eigenvalue weighted by molar-refractivity contribution is 0.326. The average Bonchev–Trinajstić information content (AvgIpc) is 2.97. The van der Waals surface area contributed by atoms with E-state index in [0.717, 1.165) is 25.2 Å². The SMILES string of the molecule is NC(=S)c1ccccc1CN1CCC(c2ccccc2)C1. The molecular formula is C18H20N2S. The van der Waals surface area contributed by atoms with Crippen molar-refractivity contribution >= 4 is 17.2 Å². The maximum Gasteiger partial charge on any atom is 0.104 e. The molecule has 1 unspecified atom stereocenters. The van der Waals surface area contributed by atoms with Crippen molar-refractivity contribution in [2.45, 2.75) is 18.9 Å². The molecule has 21 heavy (non-hydrogen) atoms. The minimum absolute atomic E-state index is 0.490. The van der Waals surface area contributed by atoms with Gasteiger partial charge in [0.2, 0.25) is 0 Å². The molecule has 0 spiro atoms. The van der Waals surface area contributed by atoms with Gasteiger partial charge in [0, 0.05) is 18.7 Å². The molecule has 108 valence electrons. The van der Waals surface area contributed by atoms with Gasteiger partial charge in [0.1, 0.15) is 4.99 Å². The van der Waals surface area contributed by atoms with Crippen LogP contribution in [0.1, 0.15) is 29.0 Å². The Morgan fingerprint density at radius 3 is 2.57 bits per heavy atom. The standard InChI is InChI=1S/C18H20N2S/c19-18(21)17-9-5-4-8-16(17)13-20-11-10-15(12-20)14-6-2-1-3-7-14/h1-9,15H,10-13H2,(H2,19,21). The van der Waals surface area contributed by atoms with E-state index in [2.05, 4.69) is 47.4 Å². The number of hydrogen-bond donors (Lipinski definition) is 1. The highest BCUT2D eigenvalue weighted by Gasteiger charge is 2.24. The van der Waals surface area contributed by atoms with E-state index in [9.17, 15) is 0 Å². The minimum Gasteiger partial charge on any atom is -0.389 e. The van der Waals surface area contributed by atoms with Crippen LogP contribution in [0.5, 0.6) is 0 Å². The molecule has 2 aromatic rings. The predicted octanol–water partition coefficient (Wildman–Crippen LogP) is 3.31. The van der Waals surface area contributed by atoms with Crippen molar-refractivity contribution < 1.29 is 0 Å². The number of hydrogen-bond acceptors (Lipinski definition) is 2. The van der Waals surface area contributed by atoms with Crippen molar-refractivity contribution in [3.8, 4) is 0 Å². The van der Waals surface area contributed by atoms with E-state index in [4.69, 9.17) is 18.0 Å². The fourth-order valence-electron chi connectivity index (χ4n) is 3.11. The molecule has 1 aliphatic heterocycles. The van der Waals surface area contributed by atoms with Gasteiger partial charge in [-0.05, 0) is 30.0 Å². The van der Waals surface area contributed by atoms with Crippen LogP contribution < -0.4 is 5.73 Å². The van der Waals surface area contributed by atoms with Crippen molar-refractivity contribution in [3.05, 3.63) is 71.3 Å². The van der Waals surface area contributed by atoms with E-state index in [1.807, 2.05) is 12.1 Å². The highest BCUT2D eigenvalue weighted by atomic mass is 32.1. The first-order valence-corrected chi connectivity index (χ1v) is 7.80. The van der Waals surface area contributed by atoms with Gasteiger partial charge in [-0.3, -0.25) is 4.90 Å². The molecule has 0 saturated carbocycles. The topological polar surface area (TPSA) is 29.3 Å². The number of benzene rings is 2. The first kappa shape index (κ1) is 14.2. The molecule has 2 aromatic carbocycles. The Labute approximate surface area is 131 Å². The second kappa shape index (κ2) is 6.37. The van der Waals surface area contributed by atoms with Crippen LogP contribution in [0.25, 0.3) is 0 Å². The van der Waals surface area contributed by atoms with Crippen LogP contribution in [0.3, 0.4) is 0 Å². The monoisotopic (exact) mass is 296 g/mol. The third-order valence-electron chi connectivity index (χ3n) is 4.22. The third kappa shape index (κ3) is 3.31. The summed E-state index contributed by atoms with van der Waals surface area (Å²) in [4.78, 5) is 2.99. The zero-order chi connectivity index (χ0) is 14.7. The van der Waals surface area contributed by atoms with Crippen molar-refractivity contribution in [2.24, 2.45) is 5.73 Å². The first-order chi connectivity index (χ1) is 10.2. The molecule has 1 aliphatic rings. The molecule has 2 N–H and O–H groups in total. The lowest BCUT2D eigenvalue weighted by atomic mass is 9.99. The van der Waals surface area contributed by atoms with Crippen molar-refractivity contribution in [3.63, 3.8) is 0 Å². The van der Waals surface area contributed by atoms with Crippen LogP contribution in [0.15, 0.2) is 54.6 Å². The number of thiocarbonyl (C=S) groups is 1. The number of rotatable bonds is 4. The minimum atomic E-state index is 0.490. The fourth-order valence-corrected chi connectivity index (χ4v) is 3.31. The highest BCUT2D eigenvalue weighted by Crippen LogP contribution is 2.28. The van der Waals surface area contributed by atoms with E-state index in [0.29, 0.717) is 10.9 Å². The Morgan fingerprint density at radius 2 is 1.81 bits per heavy atom. The van der Waals surface area contributed by atoms with E-state index < -0.39 is 0 Å². The van der Waals surface area contributed by atoms with E-state index in [1.165, 1.54) is 17.5 Å². The van der Waals surface area contributed by atoms with Crippen LogP contribution in [-0.2, 0) is 6.54 Å². The van der Waals surface area contributed by atoms with E-state index in [1.54, 1.807) is 0 Å². The zero-order valence-corrected chi connectivity index (χ0v) is 12.9. The largest absolute Gasteiger partial charge is 0.389 e. The number of nitrogens with two attached hydrogens (primary N) is 1. The van der Waals surface area contributed by atoms with Crippen LogP contribution in [-0.4, -0.2) is 23.0 Å². The summed E-state index contributed by atoms with van der Waals surface area (Å²) in [6.45, 7) is 3.16. The van der Waals surface area contributed by atoms with Crippen molar-refractivity contribution in [1.82, 2.24) is 4.90 Å². The van der Waals surface area contributed by atoms with Gasteiger partial charge < -0.3 is 5.73 Å². The molecule has 3 heteroatoms. The summed E-state index contributed by atoms with van der Waals surface area (Å²) in [6, 6.07) is 19.0. The van der Waals surface area contributed by atoms with Crippen molar-refractivity contribution in [2.75, 3.05) is 13.1 Å². The van der Waals surface area contributed by atoms with Gasteiger partial charge in [-0.15, -0.1) is 0 Å². The van der Waals surface area contributed by atoms with Gasteiger partial charge in [0.15, 0.2) is 0 Å². The molecule has 0 bridgehead atoms. The maximum absolute atomic E-state index is 5.82. The van der Waals surface area contributed by atoms with Gasteiger partial charge in [-0.2, -0.15) is 0 Å². The molecule has 0 amide bonds. The second-order valence-electron chi connectivity index (χ2n) is 5.65. The van der Waals surface area contributed by atoms with E-state index in [-0.39, 0.29) is 0 Å². The van der Waals surface area contributed by atoms with Crippen LogP contribution >= 0.6 is 12.2 Å². The molecule has 3 rings (SSSR count). The van der Waals surface area contributed by atoms with Gasteiger partial charge in [0.25, 0.3) is 0 Å². The summed E-state index contributed by atoms with van der Waals surface area (Å²) in [6.07, 6.45) is 1.22. The van der Waals surface area contributed by atoms with Crippen molar-refractivity contribution in [1.29, 1.82) is 0 Å². The lowest BCUT2D eigenvalue weighted by Crippen LogP contribution is -2.22. The Balaban J connectivity index is 1.69. The van der Waals surface area contributed by atoms with E-state index >= 15 is 0 Å². The first-order valence-electron chi connectivity index (χ1n) is 7.39. The number of likely N-dealkylation sites (tertiary alicyclic amines) is 1. The quantitative estimate of drug-likeness (QED) is 0.878. The van der Waals surface area contributed by atoms with Crippen LogP contribution in [0.4, 0.5) is 0 Å². The summed E-state index contributed by atoms with van der Waals surface area (Å²) < 4.78 is 0. The summed E-state index contributed by atoms with van der Waals surface area (Å²) >= 11 is 5.15. The molecule has 0 aromatic heterocycles. The highest BCUT2D eigenvalue weighted by molar-refractivity contribution is 7.80. The molecule has 1 fully saturated rings. The summed E-state index contributed by atoms with van der Waals surface area (Å²) in [5.41, 5.74) is 9.51. The fraction of sp³-hybridized carbons (Fsp3) is 0.278. The number of nitrogens with zero attached hydrogens (tertiary/aromatic N) is 1. The molecule has 0 radical (unpaired) electrons. The van der Waals surface area contributed by atoms with Gasteiger partial charge in [-0.1, -0.05) is 66.8 Å². The molecule has 0 aliphatic carbocycles. The molecule has 1 saturated heterocycles. The van der Waals surface area contributed by atoms with Gasteiger partial charge in [-0.25, -0.2) is 0 Å². The van der Waals surface area contributed by atoms with Gasteiger partial charge >= 0.3 is 0 Å². The predicted molar refractivity (Wildman–Crippen MR) is 91.4 cm³/mol. The summed E-state index contributed by atoms with van der Waals surface area (Å²) in [7, 11) is 0. The lowest BCUT2D eigenvalue weighted by Gasteiger charge is -2.18. The third-order valence-corrected chi connectivity index (χ3v) is 4.44. The Kier molecular flexibility index (Phi) is 4.32. The summed E-state index contributed by atoms with van der Waals surface area (Å²) in [5, 5.41) is 0. The molecular weight excluding hydrogens is 276 g/mol. The summed E-state index contributed by atoms with van der Waals surface area (Å²) in [5.74, 6) is 0.642. The smallest absolute Gasteiger partial charge is 0.104 e. The normalized spacial score (nSPS) is 18.8. The zero-order valence-electron chi connectivity index (χ0n) is 12.0.